The fourth-order valence-electron chi connectivity index (χ4n) is 3.67. The molecule has 3 aromatic heterocycles. The van der Waals surface area contributed by atoms with Gasteiger partial charge in [0.05, 0.1) is 30.8 Å². The van der Waals surface area contributed by atoms with Crippen LogP contribution in [0.3, 0.4) is 0 Å². The smallest absolute Gasteiger partial charge is 0.167 e. The fraction of sp³-hybridized carbons (Fsp3) is 0.190. The lowest BCUT2D eigenvalue weighted by Gasteiger charge is -2.21. The number of Topliss-reactive ketones (excluding diaryl/α,β-unsaturated/α-hetero) is 1. The van der Waals surface area contributed by atoms with Gasteiger partial charge in [0.15, 0.2) is 11.4 Å². The van der Waals surface area contributed by atoms with Gasteiger partial charge in [-0.3, -0.25) is 4.79 Å². The highest BCUT2D eigenvalue weighted by Crippen LogP contribution is 2.33. The molecule has 1 atom stereocenters. The molecule has 0 N–H and O–H groups in total. The molecule has 5 rings (SSSR count). The summed E-state index contributed by atoms with van der Waals surface area (Å²) in [7, 11) is 1.64. The Kier molecular flexibility index (Phi) is 3.57. The number of hydrogen-bond acceptors (Lipinski definition) is 5. The van der Waals surface area contributed by atoms with Gasteiger partial charge in [-0.2, -0.15) is 5.10 Å². The summed E-state index contributed by atoms with van der Waals surface area (Å²) in [5.74, 6) is 1.74. The Morgan fingerprint density at radius 3 is 2.74 bits per heavy atom. The van der Waals surface area contributed by atoms with Crippen LogP contribution in [-0.4, -0.2) is 27.5 Å². The molecule has 0 radical (unpaired) electrons. The fourth-order valence-corrected chi connectivity index (χ4v) is 3.67. The Balaban J connectivity index is 1.59. The van der Waals surface area contributed by atoms with E-state index in [4.69, 9.17) is 14.1 Å². The van der Waals surface area contributed by atoms with Crippen molar-refractivity contribution in [1.29, 1.82) is 0 Å². The molecule has 0 saturated heterocycles. The van der Waals surface area contributed by atoms with Crippen molar-refractivity contribution in [3.05, 3.63) is 72.1 Å². The predicted molar refractivity (Wildman–Crippen MR) is 99.1 cm³/mol. The van der Waals surface area contributed by atoms with Gasteiger partial charge >= 0.3 is 0 Å². The molecule has 0 amide bonds. The van der Waals surface area contributed by atoms with Crippen molar-refractivity contribution >= 4 is 11.4 Å². The molecule has 1 unspecified atom stereocenters. The summed E-state index contributed by atoms with van der Waals surface area (Å²) in [4.78, 5) is 17.5. The maximum absolute atomic E-state index is 12.6. The van der Waals surface area contributed by atoms with Gasteiger partial charge in [0.25, 0.3) is 0 Å². The number of methoxy groups -OCH3 is 1. The first-order chi connectivity index (χ1) is 13.2. The van der Waals surface area contributed by atoms with Crippen molar-refractivity contribution < 1.29 is 13.9 Å². The molecular weight excluding hydrogens is 342 g/mol. The van der Waals surface area contributed by atoms with Crippen molar-refractivity contribution in [3.8, 4) is 16.9 Å². The quantitative estimate of drug-likeness (QED) is 0.555. The molecular formula is C21H17N3O3. The number of nitrogens with zero attached hydrogens (tertiary/aromatic N) is 3. The maximum Gasteiger partial charge on any atom is 0.167 e. The molecule has 1 aliphatic rings. The molecule has 1 aliphatic carbocycles. The van der Waals surface area contributed by atoms with Gasteiger partial charge in [0.1, 0.15) is 11.5 Å². The third-order valence-electron chi connectivity index (χ3n) is 5.09. The minimum atomic E-state index is 0.0299. The monoisotopic (exact) mass is 359 g/mol. The van der Waals surface area contributed by atoms with E-state index in [1.807, 2.05) is 36.4 Å². The molecule has 3 heterocycles. The number of carbonyl (C=O) groups is 1. The molecule has 27 heavy (non-hydrogen) atoms. The molecule has 0 aliphatic heterocycles. The summed E-state index contributed by atoms with van der Waals surface area (Å²) in [6, 6.07) is 11.6. The van der Waals surface area contributed by atoms with Crippen molar-refractivity contribution in [2.24, 2.45) is 0 Å². The molecule has 1 aromatic carbocycles. The van der Waals surface area contributed by atoms with Crippen LogP contribution in [0, 0.1) is 0 Å². The second-order valence-corrected chi connectivity index (χ2v) is 6.70. The number of ether oxygens (including phenoxy) is 1. The summed E-state index contributed by atoms with van der Waals surface area (Å²) in [5, 5.41) is 4.40. The SMILES string of the molecule is COc1ccc(-c2cnn3cc4c(nc23)CC(c2ccco2)CC4=O)cc1. The highest BCUT2D eigenvalue weighted by Gasteiger charge is 2.30. The van der Waals surface area contributed by atoms with E-state index in [0.717, 1.165) is 34.0 Å². The number of fused-ring (bicyclic) bond motifs is 2. The number of carbonyl (C=O) groups excluding carboxylic acids is 1. The third-order valence-corrected chi connectivity index (χ3v) is 5.09. The lowest BCUT2D eigenvalue weighted by molar-refractivity contribution is 0.0958. The first kappa shape index (κ1) is 15.8. The third kappa shape index (κ3) is 2.61. The number of furan rings is 1. The normalized spacial score (nSPS) is 16.5. The summed E-state index contributed by atoms with van der Waals surface area (Å²) >= 11 is 0. The van der Waals surface area contributed by atoms with E-state index >= 15 is 0 Å². The topological polar surface area (TPSA) is 69.6 Å². The molecule has 4 aromatic rings. The van der Waals surface area contributed by atoms with E-state index < -0.39 is 0 Å². The summed E-state index contributed by atoms with van der Waals surface area (Å²) < 4.78 is 12.4. The van der Waals surface area contributed by atoms with Crippen LogP contribution < -0.4 is 4.74 Å². The van der Waals surface area contributed by atoms with E-state index in [1.54, 1.807) is 30.3 Å². The van der Waals surface area contributed by atoms with Crippen molar-refractivity contribution in [3.63, 3.8) is 0 Å². The van der Waals surface area contributed by atoms with Crippen LogP contribution in [-0.2, 0) is 6.42 Å². The minimum absolute atomic E-state index is 0.0299. The van der Waals surface area contributed by atoms with Crippen LogP contribution in [0.15, 0.2) is 59.5 Å². The minimum Gasteiger partial charge on any atom is -0.497 e. The zero-order valence-corrected chi connectivity index (χ0v) is 14.8. The van der Waals surface area contributed by atoms with Gasteiger partial charge in [0.2, 0.25) is 0 Å². The molecule has 0 spiro atoms. The van der Waals surface area contributed by atoms with Crippen LogP contribution in [0.1, 0.15) is 34.2 Å². The Bertz CT molecular complexity index is 1130. The number of ketones is 1. The van der Waals surface area contributed by atoms with E-state index in [1.165, 1.54) is 0 Å². The van der Waals surface area contributed by atoms with Gasteiger partial charge in [-0.25, -0.2) is 9.50 Å². The number of benzene rings is 1. The zero-order chi connectivity index (χ0) is 18.4. The molecule has 0 fully saturated rings. The number of hydrogen-bond donors (Lipinski definition) is 0. The summed E-state index contributed by atoms with van der Waals surface area (Å²) in [6.45, 7) is 0. The van der Waals surface area contributed by atoms with Gasteiger partial charge in [-0.1, -0.05) is 12.1 Å². The van der Waals surface area contributed by atoms with E-state index in [-0.39, 0.29) is 11.7 Å². The Morgan fingerprint density at radius 1 is 1.15 bits per heavy atom. The first-order valence-electron chi connectivity index (χ1n) is 8.81. The van der Waals surface area contributed by atoms with Crippen LogP contribution in [0.5, 0.6) is 5.75 Å². The molecule has 0 saturated carbocycles. The van der Waals surface area contributed by atoms with Gasteiger partial charge in [-0.05, 0) is 29.8 Å². The average Bonchev–Trinajstić information content (AvgIpc) is 3.36. The lowest BCUT2D eigenvalue weighted by atomic mass is 9.85. The van der Waals surface area contributed by atoms with Gasteiger partial charge in [0, 0.05) is 30.5 Å². The summed E-state index contributed by atoms with van der Waals surface area (Å²) in [6.07, 6.45) is 6.33. The zero-order valence-electron chi connectivity index (χ0n) is 14.8. The second kappa shape index (κ2) is 6.09. The van der Waals surface area contributed by atoms with Crippen LogP contribution in [0.4, 0.5) is 0 Å². The van der Waals surface area contributed by atoms with Crippen LogP contribution >= 0.6 is 0 Å². The lowest BCUT2D eigenvalue weighted by Crippen LogP contribution is -2.21. The largest absolute Gasteiger partial charge is 0.497 e. The van der Waals surface area contributed by atoms with E-state index in [2.05, 4.69) is 5.10 Å². The predicted octanol–water partition coefficient (Wildman–Crippen LogP) is 3.91. The van der Waals surface area contributed by atoms with Crippen molar-refractivity contribution in [2.45, 2.75) is 18.8 Å². The number of rotatable bonds is 3. The van der Waals surface area contributed by atoms with Gasteiger partial charge in [-0.15, -0.1) is 0 Å². The molecule has 6 nitrogen and oxygen atoms in total. The first-order valence-corrected chi connectivity index (χ1v) is 8.81. The highest BCUT2D eigenvalue weighted by molar-refractivity contribution is 5.99. The van der Waals surface area contributed by atoms with Crippen LogP contribution in [0.2, 0.25) is 0 Å². The van der Waals surface area contributed by atoms with Crippen LogP contribution in [0.25, 0.3) is 16.8 Å². The maximum atomic E-state index is 12.6. The Morgan fingerprint density at radius 2 is 2.00 bits per heavy atom. The Labute approximate surface area is 155 Å². The number of aromatic nitrogens is 3. The highest BCUT2D eigenvalue weighted by atomic mass is 16.5. The average molecular weight is 359 g/mol. The molecule has 134 valence electrons. The second-order valence-electron chi connectivity index (χ2n) is 6.70. The van der Waals surface area contributed by atoms with Crippen molar-refractivity contribution in [1.82, 2.24) is 14.6 Å². The summed E-state index contributed by atoms with van der Waals surface area (Å²) in [5.41, 5.74) is 4.12. The molecule has 6 heteroatoms. The van der Waals surface area contributed by atoms with Crippen molar-refractivity contribution in [2.75, 3.05) is 7.11 Å². The standard InChI is InChI=1S/C21H17N3O3/c1-26-15-6-4-13(5-7-15)16-11-22-24-12-17-18(23-21(16)24)9-14(10-19(17)25)20-3-2-8-27-20/h2-8,11-12,14H,9-10H2,1H3. The Hall–Kier alpha value is -3.41. The van der Waals surface area contributed by atoms with E-state index in [0.29, 0.717) is 18.4 Å². The van der Waals surface area contributed by atoms with E-state index in [9.17, 15) is 4.79 Å². The molecule has 0 bridgehead atoms. The van der Waals surface area contributed by atoms with Gasteiger partial charge < -0.3 is 9.15 Å².